The van der Waals surface area contributed by atoms with E-state index in [0.29, 0.717) is 10.6 Å². The highest BCUT2D eigenvalue weighted by atomic mass is 32.1. The molecule has 0 bridgehead atoms. The molecule has 0 saturated carbocycles. The summed E-state index contributed by atoms with van der Waals surface area (Å²) in [6, 6.07) is 2.83. The molecule has 106 valence electrons. The van der Waals surface area contributed by atoms with Gasteiger partial charge in [-0.3, -0.25) is 10.1 Å². The van der Waals surface area contributed by atoms with Crippen LogP contribution in [-0.2, 0) is 5.41 Å². The van der Waals surface area contributed by atoms with Crippen LogP contribution in [-0.4, -0.2) is 21.0 Å². The topological polar surface area (TPSA) is 106 Å². The molecule has 0 atom stereocenters. The zero-order valence-corrected chi connectivity index (χ0v) is 11.9. The monoisotopic (exact) mass is 296 g/mol. The lowest BCUT2D eigenvalue weighted by Gasteiger charge is -2.14. The maximum atomic E-state index is 11.2. The Morgan fingerprint density at radius 1 is 1.45 bits per heavy atom. The summed E-state index contributed by atoms with van der Waals surface area (Å²) in [5.41, 5.74) is -0.186. The van der Waals surface area contributed by atoms with Crippen molar-refractivity contribution in [2.24, 2.45) is 0 Å². The summed E-state index contributed by atoms with van der Waals surface area (Å²) in [6.07, 6.45) is 0. The number of hydrogen-bond acceptors (Lipinski definition) is 6. The zero-order valence-electron chi connectivity index (χ0n) is 11.0. The molecule has 2 aromatic heterocycles. The van der Waals surface area contributed by atoms with Gasteiger partial charge in [-0.1, -0.05) is 32.1 Å². The molecule has 20 heavy (non-hydrogen) atoms. The molecule has 7 nitrogen and oxygen atoms in total. The summed E-state index contributed by atoms with van der Waals surface area (Å²) < 4.78 is 5.26. The summed E-state index contributed by atoms with van der Waals surface area (Å²) in [4.78, 5) is 25.9. The molecule has 0 saturated heterocycles. The number of hydrogen-bond donors (Lipinski definition) is 1. The minimum Gasteiger partial charge on any atom is -0.475 e. The third kappa shape index (κ3) is 2.55. The van der Waals surface area contributed by atoms with E-state index in [-0.39, 0.29) is 16.7 Å². The zero-order chi connectivity index (χ0) is 15.1. The Morgan fingerprint density at radius 2 is 2.10 bits per heavy atom. The van der Waals surface area contributed by atoms with Crippen molar-refractivity contribution < 1.29 is 19.2 Å². The Bertz CT molecular complexity index is 680. The van der Waals surface area contributed by atoms with Crippen LogP contribution in [0.4, 0.5) is 5.00 Å². The summed E-state index contributed by atoms with van der Waals surface area (Å²) >= 11 is 0.890. The fraction of sp³-hybridized carbons (Fsp3) is 0.333. The summed E-state index contributed by atoms with van der Waals surface area (Å²) in [5.74, 6) is -1.35. The minimum atomic E-state index is -1.21. The van der Waals surface area contributed by atoms with Gasteiger partial charge in [-0.05, 0) is 6.07 Å². The van der Waals surface area contributed by atoms with E-state index in [1.807, 2.05) is 20.8 Å². The predicted molar refractivity (Wildman–Crippen MR) is 72.1 cm³/mol. The second-order valence-corrected chi connectivity index (χ2v) is 6.21. The lowest BCUT2D eigenvalue weighted by Crippen LogP contribution is -2.16. The Balaban J connectivity index is 2.53. The molecule has 0 aliphatic carbocycles. The van der Waals surface area contributed by atoms with Crippen molar-refractivity contribution >= 4 is 22.3 Å². The number of nitrogens with zero attached hydrogens (tertiary/aromatic N) is 2. The first kappa shape index (κ1) is 14.2. The van der Waals surface area contributed by atoms with E-state index in [0.717, 1.165) is 11.3 Å². The molecule has 0 aliphatic rings. The lowest BCUT2D eigenvalue weighted by atomic mass is 9.91. The van der Waals surface area contributed by atoms with Crippen molar-refractivity contribution in [2.45, 2.75) is 26.2 Å². The fourth-order valence-corrected chi connectivity index (χ4v) is 2.37. The van der Waals surface area contributed by atoms with Crippen LogP contribution in [0.5, 0.6) is 0 Å². The van der Waals surface area contributed by atoms with Gasteiger partial charge in [-0.2, -0.15) is 0 Å². The maximum Gasteiger partial charge on any atom is 0.373 e. The quantitative estimate of drug-likeness (QED) is 0.687. The van der Waals surface area contributed by atoms with Crippen LogP contribution < -0.4 is 0 Å². The molecule has 0 radical (unpaired) electrons. The van der Waals surface area contributed by atoms with E-state index in [2.05, 4.69) is 4.98 Å². The van der Waals surface area contributed by atoms with Gasteiger partial charge in [0.15, 0.2) is 0 Å². The second-order valence-electron chi connectivity index (χ2n) is 5.15. The number of aromatic carboxylic acids is 1. The van der Waals surface area contributed by atoms with E-state index in [9.17, 15) is 14.9 Å². The summed E-state index contributed by atoms with van der Waals surface area (Å²) in [5, 5.41) is 19.8. The van der Waals surface area contributed by atoms with Gasteiger partial charge in [0.1, 0.15) is 5.69 Å². The number of carboxylic acid groups (broad SMARTS) is 1. The Kier molecular flexibility index (Phi) is 3.34. The van der Waals surface area contributed by atoms with E-state index < -0.39 is 16.3 Å². The Labute approximate surface area is 118 Å². The largest absolute Gasteiger partial charge is 0.475 e. The molecule has 0 amide bonds. The standard InChI is InChI=1S/C12H12N2O5S/c1-12(2,3)9-8(11(15)16)19-10(13-9)6-4-5-7(20-6)14(17)18/h4-5H,1-3H3,(H,15,16). The molecule has 0 unspecified atom stereocenters. The highest BCUT2D eigenvalue weighted by Gasteiger charge is 2.29. The average Bonchev–Trinajstić information content (AvgIpc) is 2.94. The molecular formula is C12H12N2O5S. The first-order valence-corrected chi connectivity index (χ1v) is 6.51. The molecule has 0 aromatic carbocycles. The second kappa shape index (κ2) is 4.71. The van der Waals surface area contributed by atoms with Crippen LogP contribution in [0.15, 0.2) is 16.5 Å². The third-order valence-corrected chi connectivity index (χ3v) is 3.54. The average molecular weight is 296 g/mol. The van der Waals surface area contributed by atoms with Gasteiger partial charge < -0.3 is 9.52 Å². The van der Waals surface area contributed by atoms with Gasteiger partial charge in [-0.25, -0.2) is 9.78 Å². The molecule has 2 rings (SSSR count). The number of carboxylic acids is 1. The van der Waals surface area contributed by atoms with Crippen molar-refractivity contribution in [3.05, 3.63) is 33.7 Å². The normalized spacial score (nSPS) is 11.6. The first-order valence-electron chi connectivity index (χ1n) is 5.69. The molecule has 0 spiro atoms. The number of aromatic nitrogens is 1. The van der Waals surface area contributed by atoms with Crippen LogP contribution in [0.2, 0.25) is 0 Å². The Hall–Kier alpha value is -2.22. The van der Waals surface area contributed by atoms with Gasteiger partial charge in [0.05, 0.1) is 9.80 Å². The third-order valence-electron chi connectivity index (χ3n) is 2.51. The van der Waals surface area contributed by atoms with Gasteiger partial charge in [0, 0.05) is 11.5 Å². The maximum absolute atomic E-state index is 11.2. The van der Waals surface area contributed by atoms with E-state index in [4.69, 9.17) is 9.52 Å². The van der Waals surface area contributed by atoms with E-state index >= 15 is 0 Å². The molecule has 0 fully saturated rings. The van der Waals surface area contributed by atoms with Gasteiger partial charge in [-0.15, -0.1) is 0 Å². The van der Waals surface area contributed by atoms with Crippen LogP contribution in [0.25, 0.3) is 10.8 Å². The molecule has 8 heteroatoms. The van der Waals surface area contributed by atoms with Gasteiger partial charge in [0.25, 0.3) is 0 Å². The number of thiophene rings is 1. The van der Waals surface area contributed by atoms with Crippen molar-refractivity contribution in [1.29, 1.82) is 0 Å². The highest BCUT2D eigenvalue weighted by Crippen LogP contribution is 2.35. The molecule has 2 aromatic rings. The smallest absolute Gasteiger partial charge is 0.373 e. The SMILES string of the molecule is CC(C)(C)c1nc(-c2ccc([N+](=O)[O-])s2)oc1C(=O)O. The minimum absolute atomic E-state index is 0.0487. The number of oxazole rings is 1. The summed E-state index contributed by atoms with van der Waals surface area (Å²) in [7, 11) is 0. The van der Waals surface area contributed by atoms with E-state index in [1.165, 1.54) is 12.1 Å². The van der Waals surface area contributed by atoms with Crippen molar-refractivity contribution in [1.82, 2.24) is 4.98 Å². The summed E-state index contributed by atoms with van der Waals surface area (Å²) in [6.45, 7) is 5.45. The predicted octanol–water partition coefficient (Wildman–Crippen LogP) is 3.31. The lowest BCUT2D eigenvalue weighted by molar-refractivity contribution is -0.380. The Morgan fingerprint density at radius 3 is 2.50 bits per heavy atom. The number of nitro groups is 1. The molecule has 2 heterocycles. The van der Waals surface area contributed by atoms with Crippen LogP contribution in [0, 0.1) is 10.1 Å². The van der Waals surface area contributed by atoms with Crippen LogP contribution in [0.3, 0.4) is 0 Å². The first-order chi connectivity index (χ1) is 9.20. The van der Waals surface area contributed by atoms with Crippen LogP contribution >= 0.6 is 11.3 Å². The number of rotatable bonds is 3. The van der Waals surface area contributed by atoms with E-state index in [1.54, 1.807) is 0 Å². The van der Waals surface area contributed by atoms with Crippen LogP contribution in [0.1, 0.15) is 37.0 Å². The fourth-order valence-electron chi connectivity index (χ4n) is 1.62. The molecule has 0 aliphatic heterocycles. The van der Waals surface area contributed by atoms with Crippen molar-refractivity contribution in [2.75, 3.05) is 0 Å². The molecular weight excluding hydrogens is 284 g/mol. The van der Waals surface area contributed by atoms with Crippen molar-refractivity contribution in [3.63, 3.8) is 0 Å². The number of carbonyl (C=O) groups is 1. The van der Waals surface area contributed by atoms with Gasteiger partial charge >= 0.3 is 11.0 Å². The van der Waals surface area contributed by atoms with Crippen molar-refractivity contribution in [3.8, 4) is 10.8 Å². The molecule has 1 N–H and O–H groups in total. The highest BCUT2D eigenvalue weighted by molar-refractivity contribution is 7.18. The van der Waals surface area contributed by atoms with Gasteiger partial charge in [0.2, 0.25) is 11.7 Å².